The van der Waals surface area contributed by atoms with E-state index in [1.54, 1.807) is 0 Å². The SMILES string of the molecule is BCBBC.C1CCOC1. The Labute approximate surface area is 66.8 Å². The second-order valence-corrected chi connectivity index (χ2v) is 2.67. The van der Waals surface area contributed by atoms with Crippen molar-refractivity contribution >= 4 is 22.2 Å². The minimum Gasteiger partial charge on any atom is -0.381 e. The Morgan fingerprint density at radius 3 is 2.10 bits per heavy atom. The zero-order chi connectivity index (χ0) is 7.66. The van der Waals surface area contributed by atoms with Gasteiger partial charge in [0.1, 0.15) is 0 Å². The summed E-state index contributed by atoms with van der Waals surface area (Å²) in [6.07, 6.45) is 3.90. The maximum Gasteiger partial charge on any atom is 0.0921 e. The van der Waals surface area contributed by atoms with E-state index in [0.717, 1.165) is 13.2 Å². The molecule has 0 N–H and O–H groups in total. The quantitative estimate of drug-likeness (QED) is 0.472. The van der Waals surface area contributed by atoms with Gasteiger partial charge in [0, 0.05) is 13.2 Å². The monoisotopic (exact) mass is 138 g/mol. The first kappa shape index (κ1) is 10.2. The molecule has 0 aromatic heterocycles. The minimum absolute atomic E-state index is 1.00. The van der Waals surface area contributed by atoms with E-state index in [9.17, 15) is 0 Å². The lowest BCUT2D eigenvalue weighted by molar-refractivity contribution is 0.198. The highest BCUT2D eigenvalue weighted by molar-refractivity contribution is 7.01. The first-order valence-corrected chi connectivity index (χ1v) is 4.49. The van der Waals surface area contributed by atoms with Crippen LogP contribution in [-0.2, 0) is 4.74 Å². The van der Waals surface area contributed by atoms with Crippen LogP contribution in [0.1, 0.15) is 12.8 Å². The summed E-state index contributed by atoms with van der Waals surface area (Å²) in [6, 6.07) is 0. The largest absolute Gasteiger partial charge is 0.381 e. The molecular formula is C6H17B3O. The van der Waals surface area contributed by atoms with Crippen LogP contribution in [0.3, 0.4) is 0 Å². The molecule has 1 aliphatic heterocycles. The Balaban J connectivity index is 0.000000162. The Kier molecular flexibility index (Phi) is 9.30. The topological polar surface area (TPSA) is 9.23 Å². The van der Waals surface area contributed by atoms with Crippen molar-refractivity contribution in [2.75, 3.05) is 13.2 Å². The summed E-state index contributed by atoms with van der Waals surface area (Å²) in [6.45, 7) is 4.21. The molecule has 0 unspecified atom stereocenters. The van der Waals surface area contributed by atoms with Crippen molar-refractivity contribution in [2.45, 2.75) is 25.9 Å². The summed E-state index contributed by atoms with van der Waals surface area (Å²) in [5, 5.41) is 0. The van der Waals surface area contributed by atoms with Crippen molar-refractivity contribution < 1.29 is 4.74 Å². The molecule has 1 fully saturated rings. The molecule has 1 saturated heterocycles. The Hall–Kier alpha value is 0.155. The first-order valence-electron chi connectivity index (χ1n) is 4.49. The fraction of sp³-hybridized carbons (Fsp3) is 1.00. The molecule has 4 heteroatoms. The summed E-state index contributed by atoms with van der Waals surface area (Å²) in [5.41, 5.74) is 0. The number of rotatable bonds is 2. The average molecular weight is 138 g/mol. The van der Waals surface area contributed by atoms with Crippen LogP contribution >= 0.6 is 0 Å². The molecule has 56 valence electrons. The summed E-state index contributed by atoms with van der Waals surface area (Å²) in [5.74, 6) is 0. The third kappa shape index (κ3) is 8.15. The van der Waals surface area contributed by atoms with E-state index in [1.807, 2.05) is 0 Å². The predicted octanol–water partition coefficient (Wildman–Crippen LogP) is -0.372. The minimum atomic E-state index is 1.00. The maximum atomic E-state index is 4.94. The fourth-order valence-corrected chi connectivity index (χ4v) is 0.864. The molecule has 0 saturated carbocycles. The van der Waals surface area contributed by atoms with Crippen LogP contribution in [0, 0.1) is 0 Å². The van der Waals surface area contributed by atoms with Gasteiger partial charge in [-0.2, -0.15) is 0 Å². The summed E-state index contributed by atoms with van der Waals surface area (Å²) in [4.78, 5) is 0. The van der Waals surface area contributed by atoms with E-state index in [0.29, 0.717) is 0 Å². The van der Waals surface area contributed by atoms with Gasteiger partial charge in [0.05, 0.1) is 22.2 Å². The van der Waals surface area contributed by atoms with Gasteiger partial charge in [0.2, 0.25) is 0 Å². The summed E-state index contributed by atoms with van der Waals surface area (Å²) < 4.78 is 4.94. The molecule has 0 spiro atoms. The molecule has 1 heterocycles. The second kappa shape index (κ2) is 9.15. The van der Waals surface area contributed by atoms with Gasteiger partial charge in [-0.1, -0.05) is 6.82 Å². The van der Waals surface area contributed by atoms with Crippen molar-refractivity contribution in [3.8, 4) is 0 Å². The molecular weight excluding hydrogens is 121 g/mol. The van der Waals surface area contributed by atoms with Gasteiger partial charge >= 0.3 is 0 Å². The second-order valence-electron chi connectivity index (χ2n) is 2.67. The van der Waals surface area contributed by atoms with E-state index >= 15 is 0 Å². The van der Waals surface area contributed by atoms with E-state index in [-0.39, 0.29) is 0 Å². The Bertz CT molecular complexity index is 47.3. The lowest BCUT2D eigenvalue weighted by atomic mass is 9.37. The van der Waals surface area contributed by atoms with E-state index in [4.69, 9.17) is 4.74 Å². The maximum absolute atomic E-state index is 4.94. The molecule has 1 nitrogen and oxygen atoms in total. The molecule has 1 aliphatic rings. The number of hydrogen-bond donors (Lipinski definition) is 0. The van der Waals surface area contributed by atoms with Crippen LogP contribution < -0.4 is 0 Å². The van der Waals surface area contributed by atoms with Gasteiger partial charge in [0.15, 0.2) is 0 Å². The van der Waals surface area contributed by atoms with Crippen LogP contribution in [0.2, 0.25) is 13.0 Å². The van der Waals surface area contributed by atoms with Crippen molar-refractivity contribution in [1.29, 1.82) is 0 Å². The molecule has 0 radical (unpaired) electrons. The van der Waals surface area contributed by atoms with Crippen molar-refractivity contribution in [3.05, 3.63) is 0 Å². The van der Waals surface area contributed by atoms with Crippen LogP contribution in [0.5, 0.6) is 0 Å². The summed E-state index contributed by atoms with van der Waals surface area (Å²) in [7, 11) is 4.94. The molecule has 10 heavy (non-hydrogen) atoms. The van der Waals surface area contributed by atoms with Gasteiger partial charge in [-0.15, -0.1) is 6.22 Å². The molecule has 0 aromatic carbocycles. The average Bonchev–Trinajstić information content (AvgIpc) is 2.44. The third-order valence-electron chi connectivity index (χ3n) is 1.53. The Morgan fingerprint density at radius 2 is 2.00 bits per heavy atom. The zero-order valence-corrected chi connectivity index (χ0v) is 7.36. The van der Waals surface area contributed by atoms with E-state index in [2.05, 4.69) is 14.7 Å². The fourth-order valence-electron chi connectivity index (χ4n) is 0.864. The highest BCUT2D eigenvalue weighted by atomic mass is 16.5. The van der Waals surface area contributed by atoms with Gasteiger partial charge in [-0.05, 0) is 12.8 Å². The molecule has 1 rings (SSSR count). The van der Waals surface area contributed by atoms with E-state index in [1.165, 1.54) is 33.4 Å². The number of ether oxygens (including phenoxy) is 1. The van der Waals surface area contributed by atoms with Crippen LogP contribution in [-0.4, -0.2) is 35.4 Å². The smallest absolute Gasteiger partial charge is 0.0921 e. The first-order chi connectivity index (χ1) is 4.91. The molecule has 0 aliphatic carbocycles. The molecule has 0 amide bonds. The van der Waals surface area contributed by atoms with Gasteiger partial charge < -0.3 is 4.74 Å². The van der Waals surface area contributed by atoms with Gasteiger partial charge in [-0.3, -0.25) is 0 Å². The van der Waals surface area contributed by atoms with Crippen LogP contribution in [0.15, 0.2) is 0 Å². The van der Waals surface area contributed by atoms with Crippen molar-refractivity contribution in [1.82, 2.24) is 0 Å². The van der Waals surface area contributed by atoms with Gasteiger partial charge in [-0.25, -0.2) is 0 Å². The number of hydrogen-bond acceptors (Lipinski definition) is 1. The third-order valence-corrected chi connectivity index (χ3v) is 1.53. The predicted molar refractivity (Wildman–Crippen MR) is 53.6 cm³/mol. The Morgan fingerprint density at radius 1 is 1.40 bits per heavy atom. The summed E-state index contributed by atoms with van der Waals surface area (Å²) >= 11 is 0. The molecule has 0 atom stereocenters. The highest BCUT2D eigenvalue weighted by Crippen LogP contribution is 1.98. The van der Waals surface area contributed by atoms with Gasteiger partial charge in [0.25, 0.3) is 0 Å². The highest BCUT2D eigenvalue weighted by Gasteiger charge is 1.94. The lowest BCUT2D eigenvalue weighted by Crippen LogP contribution is -1.94. The van der Waals surface area contributed by atoms with Crippen LogP contribution in [0.25, 0.3) is 0 Å². The van der Waals surface area contributed by atoms with E-state index < -0.39 is 0 Å². The van der Waals surface area contributed by atoms with Crippen LogP contribution in [0.4, 0.5) is 0 Å². The standard InChI is InChI=1S/C4H8O.C2H9B3/c1-2-4-5-3-1;1-4-5-2-3/h1-4H2;4-5H,2-3H2,1H3. The zero-order valence-electron chi connectivity index (χ0n) is 7.36. The molecule has 0 aromatic rings. The normalized spacial score (nSPS) is 15.3. The van der Waals surface area contributed by atoms with Crippen molar-refractivity contribution in [3.63, 3.8) is 0 Å². The van der Waals surface area contributed by atoms with Crippen molar-refractivity contribution in [2.24, 2.45) is 0 Å². The molecule has 0 bridgehead atoms. The lowest BCUT2D eigenvalue weighted by Gasteiger charge is -1.76.